The lowest BCUT2D eigenvalue weighted by atomic mass is 10.1. The van der Waals surface area contributed by atoms with Crippen LogP contribution in [0.25, 0.3) is 0 Å². The Morgan fingerprint density at radius 2 is 2.04 bits per heavy atom. The van der Waals surface area contributed by atoms with Crippen LogP contribution in [0.3, 0.4) is 0 Å². The summed E-state index contributed by atoms with van der Waals surface area (Å²) in [7, 11) is 1.98. The molecule has 1 heterocycles. The molecular formula is C17H24ClIN4O. The number of rotatable bonds is 6. The maximum atomic E-state index is 10.3. The molecule has 0 aliphatic rings. The van der Waals surface area contributed by atoms with Crippen molar-refractivity contribution in [3.63, 3.8) is 0 Å². The van der Waals surface area contributed by atoms with E-state index in [4.69, 9.17) is 11.6 Å². The zero-order valence-electron chi connectivity index (χ0n) is 13.9. The molecule has 0 amide bonds. The number of aromatic nitrogens is 1. The smallest absolute Gasteiger partial charge is 0.191 e. The van der Waals surface area contributed by atoms with Gasteiger partial charge in [-0.3, -0.25) is 0 Å². The van der Waals surface area contributed by atoms with Crippen molar-refractivity contribution in [2.45, 2.75) is 19.6 Å². The molecule has 0 radical (unpaired) electrons. The van der Waals surface area contributed by atoms with Crippen molar-refractivity contribution in [3.05, 3.63) is 58.9 Å². The highest BCUT2D eigenvalue weighted by Gasteiger charge is 2.11. The van der Waals surface area contributed by atoms with Crippen molar-refractivity contribution >= 4 is 41.5 Å². The number of nitrogens with zero attached hydrogens (tertiary/aromatic N) is 2. The number of aliphatic hydroxyl groups is 1. The number of halogens is 2. The Balaban J connectivity index is 0.00000288. The quantitative estimate of drug-likeness (QED) is 0.351. The van der Waals surface area contributed by atoms with Gasteiger partial charge in [0, 0.05) is 43.1 Å². The fourth-order valence-electron chi connectivity index (χ4n) is 2.22. The summed E-state index contributed by atoms with van der Waals surface area (Å²) < 4.78 is 1.99. The number of hydrogen-bond donors (Lipinski definition) is 3. The molecule has 0 fully saturated rings. The van der Waals surface area contributed by atoms with Gasteiger partial charge in [-0.15, -0.1) is 24.0 Å². The zero-order chi connectivity index (χ0) is 16.7. The number of guanidine groups is 1. The van der Waals surface area contributed by atoms with Crippen molar-refractivity contribution in [1.82, 2.24) is 15.2 Å². The lowest BCUT2D eigenvalue weighted by Gasteiger charge is -2.16. The first-order valence-electron chi connectivity index (χ1n) is 7.65. The molecule has 0 saturated heterocycles. The van der Waals surface area contributed by atoms with Crippen LogP contribution in [0.2, 0.25) is 5.02 Å². The van der Waals surface area contributed by atoms with Crippen LogP contribution in [0.15, 0.2) is 47.7 Å². The Kier molecular flexibility index (Phi) is 9.17. The van der Waals surface area contributed by atoms with E-state index >= 15 is 0 Å². The van der Waals surface area contributed by atoms with Gasteiger partial charge in [-0.2, -0.15) is 0 Å². The topological polar surface area (TPSA) is 61.6 Å². The molecule has 1 unspecified atom stereocenters. The molecule has 24 heavy (non-hydrogen) atoms. The number of nitrogens with one attached hydrogen (secondary N) is 2. The Labute approximate surface area is 165 Å². The Hall–Kier alpha value is -1.25. The van der Waals surface area contributed by atoms with E-state index in [0.717, 1.165) is 12.1 Å². The predicted molar refractivity (Wildman–Crippen MR) is 110 cm³/mol. The molecule has 0 spiro atoms. The molecule has 0 bridgehead atoms. The van der Waals surface area contributed by atoms with Crippen molar-refractivity contribution in [3.8, 4) is 0 Å². The third-order valence-corrected chi connectivity index (χ3v) is 3.73. The number of aliphatic hydroxyl groups excluding tert-OH is 1. The lowest BCUT2D eigenvalue weighted by Crippen LogP contribution is -2.39. The van der Waals surface area contributed by atoms with Gasteiger partial charge in [0.15, 0.2) is 5.96 Å². The Morgan fingerprint density at radius 1 is 1.29 bits per heavy atom. The minimum absolute atomic E-state index is 0. The Bertz CT molecular complexity index is 660. The van der Waals surface area contributed by atoms with Crippen LogP contribution >= 0.6 is 35.6 Å². The fourth-order valence-corrected chi connectivity index (χ4v) is 2.48. The first kappa shape index (κ1) is 20.8. The van der Waals surface area contributed by atoms with Crippen LogP contribution in [0.5, 0.6) is 0 Å². The molecule has 0 saturated carbocycles. The molecule has 5 nitrogen and oxygen atoms in total. The second kappa shape index (κ2) is 10.6. The van der Waals surface area contributed by atoms with Crippen LogP contribution < -0.4 is 10.6 Å². The summed E-state index contributed by atoms with van der Waals surface area (Å²) in [4.78, 5) is 4.52. The van der Waals surface area contributed by atoms with E-state index in [1.165, 1.54) is 0 Å². The number of aryl methyl sites for hydroxylation is 1. The van der Waals surface area contributed by atoms with Gasteiger partial charge in [-0.1, -0.05) is 29.8 Å². The van der Waals surface area contributed by atoms with Gasteiger partial charge < -0.3 is 20.3 Å². The van der Waals surface area contributed by atoms with E-state index < -0.39 is 6.10 Å². The average Bonchev–Trinajstić information content (AvgIpc) is 2.95. The SMILES string of the molecule is CCNC(=NCc1ccn(C)c1)NCC(O)c1ccccc1Cl.I. The normalized spacial score (nSPS) is 12.4. The van der Waals surface area contributed by atoms with Crippen LogP contribution in [0, 0.1) is 0 Å². The van der Waals surface area contributed by atoms with E-state index in [1.807, 2.05) is 55.2 Å². The second-order valence-electron chi connectivity index (χ2n) is 5.30. The van der Waals surface area contributed by atoms with Gasteiger partial charge in [0.25, 0.3) is 0 Å². The molecule has 2 rings (SSSR count). The van der Waals surface area contributed by atoms with Gasteiger partial charge in [-0.05, 0) is 24.6 Å². The predicted octanol–water partition coefficient (Wildman–Crippen LogP) is 3.09. The van der Waals surface area contributed by atoms with Crippen molar-refractivity contribution in [2.24, 2.45) is 12.0 Å². The highest BCUT2D eigenvalue weighted by Crippen LogP contribution is 2.21. The Morgan fingerprint density at radius 3 is 2.67 bits per heavy atom. The lowest BCUT2D eigenvalue weighted by molar-refractivity contribution is 0.181. The summed E-state index contributed by atoms with van der Waals surface area (Å²) in [6, 6.07) is 9.33. The minimum atomic E-state index is -0.690. The van der Waals surface area contributed by atoms with Crippen LogP contribution in [-0.4, -0.2) is 28.7 Å². The molecule has 0 aliphatic heterocycles. The maximum absolute atomic E-state index is 10.3. The van der Waals surface area contributed by atoms with E-state index in [-0.39, 0.29) is 24.0 Å². The summed E-state index contributed by atoms with van der Waals surface area (Å²) >= 11 is 6.10. The maximum Gasteiger partial charge on any atom is 0.191 e. The molecule has 0 aliphatic carbocycles. The van der Waals surface area contributed by atoms with Gasteiger partial charge in [0.2, 0.25) is 0 Å². The third-order valence-electron chi connectivity index (χ3n) is 3.38. The van der Waals surface area contributed by atoms with E-state index in [1.54, 1.807) is 6.07 Å². The molecule has 2 aromatic rings. The van der Waals surface area contributed by atoms with Crippen molar-refractivity contribution < 1.29 is 5.11 Å². The van der Waals surface area contributed by atoms with Crippen LogP contribution in [-0.2, 0) is 13.6 Å². The van der Waals surface area contributed by atoms with E-state index in [9.17, 15) is 5.11 Å². The number of hydrogen-bond acceptors (Lipinski definition) is 2. The number of benzene rings is 1. The highest BCUT2D eigenvalue weighted by molar-refractivity contribution is 14.0. The summed E-state index contributed by atoms with van der Waals surface area (Å²) in [5, 5.41) is 17.2. The summed E-state index contributed by atoms with van der Waals surface area (Å²) in [5.74, 6) is 0.669. The number of aliphatic imine (C=N–C) groups is 1. The van der Waals surface area contributed by atoms with Crippen LogP contribution in [0.1, 0.15) is 24.2 Å². The van der Waals surface area contributed by atoms with Gasteiger partial charge in [-0.25, -0.2) is 4.99 Å². The van der Waals surface area contributed by atoms with E-state index in [2.05, 4.69) is 15.6 Å². The molecule has 132 valence electrons. The van der Waals surface area contributed by atoms with Crippen LogP contribution in [0.4, 0.5) is 0 Å². The van der Waals surface area contributed by atoms with Gasteiger partial charge >= 0.3 is 0 Å². The van der Waals surface area contributed by atoms with Gasteiger partial charge in [0.1, 0.15) is 0 Å². The monoisotopic (exact) mass is 462 g/mol. The van der Waals surface area contributed by atoms with E-state index in [0.29, 0.717) is 29.6 Å². The first-order valence-corrected chi connectivity index (χ1v) is 8.03. The zero-order valence-corrected chi connectivity index (χ0v) is 17.0. The third kappa shape index (κ3) is 6.33. The first-order chi connectivity index (χ1) is 11.1. The molecule has 3 N–H and O–H groups in total. The van der Waals surface area contributed by atoms with Crippen molar-refractivity contribution in [2.75, 3.05) is 13.1 Å². The van der Waals surface area contributed by atoms with Crippen molar-refractivity contribution in [1.29, 1.82) is 0 Å². The molecule has 1 aromatic carbocycles. The minimum Gasteiger partial charge on any atom is -0.387 e. The standard InChI is InChI=1S/C17H23ClN4O.HI/c1-3-19-17(20-10-13-8-9-22(2)12-13)21-11-16(23)14-6-4-5-7-15(14)18;/h4-9,12,16,23H,3,10-11H2,1-2H3,(H2,19,20,21);1H. The average molecular weight is 463 g/mol. The second-order valence-corrected chi connectivity index (χ2v) is 5.71. The highest BCUT2D eigenvalue weighted by atomic mass is 127. The fraction of sp³-hybridized carbons (Fsp3) is 0.353. The largest absolute Gasteiger partial charge is 0.387 e. The summed E-state index contributed by atoms with van der Waals surface area (Å²) in [6.45, 7) is 3.68. The summed E-state index contributed by atoms with van der Waals surface area (Å²) in [5.41, 5.74) is 1.84. The molecular weight excluding hydrogens is 439 g/mol. The molecule has 7 heteroatoms. The molecule has 1 atom stereocenters. The molecule has 1 aromatic heterocycles. The van der Waals surface area contributed by atoms with Gasteiger partial charge in [0.05, 0.1) is 12.6 Å². The summed E-state index contributed by atoms with van der Waals surface area (Å²) in [6.07, 6.45) is 3.34.